The minimum atomic E-state index is -0.0420. The standard InChI is InChI=1S/C45H52N12O3S2/c1-3-34-24-39-40(49-41(34)58)23-33(25-47-39)28-53-14-18-54(19-15-53)37-6-7-38(48-26-37)43(59)55-11-8-32(9-12-55)27-52-16-20-56(21-17-52)44(60)42-50-51-45(62-42)61-29-35-4-5-36(22-31(35)2)57-13-10-46-30-57/h4-7,10,13,22-26,30,32H,3,8-9,11-12,14-21,27-29H2,1-2H3,(H,49,58). The van der Waals surface area contributed by atoms with Crippen LogP contribution >= 0.6 is 23.1 Å². The number of piperazine rings is 2. The summed E-state index contributed by atoms with van der Waals surface area (Å²) >= 11 is 2.98. The Labute approximate surface area is 369 Å². The Bertz CT molecular complexity index is 2560. The summed E-state index contributed by atoms with van der Waals surface area (Å²) in [5.41, 5.74) is 8.41. The number of H-pyrrole nitrogens is 1. The van der Waals surface area contributed by atoms with Gasteiger partial charge in [-0.05, 0) is 85.2 Å². The number of carbonyl (C=O) groups is 2. The van der Waals surface area contributed by atoms with E-state index in [0.29, 0.717) is 36.1 Å². The monoisotopic (exact) mass is 872 g/mol. The van der Waals surface area contributed by atoms with Crippen molar-refractivity contribution >= 4 is 51.6 Å². The van der Waals surface area contributed by atoms with Gasteiger partial charge in [-0.25, -0.2) is 9.97 Å². The van der Waals surface area contributed by atoms with Gasteiger partial charge in [-0.3, -0.25) is 29.2 Å². The Morgan fingerprint density at radius 1 is 0.823 bits per heavy atom. The van der Waals surface area contributed by atoms with Crippen LogP contribution < -0.4 is 10.5 Å². The van der Waals surface area contributed by atoms with Gasteiger partial charge in [0.1, 0.15) is 5.69 Å². The first kappa shape index (κ1) is 41.8. The zero-order valence-electron chi connectivity index (χ0n) is 35.3. The number of benzene rings is 1. The Morgan fingerprint density at radius 2 is 1.60 bits per heavy atom. The van der Waals surface area contributed by atoms with Crippen LogP contribution in [0, 0.1) is 12.8 Å². The second kappa shape index (κ2) is 18.9. The Balaban J connectivity index is 0.677. The Morgan fingerprint density at radius 3 is 2.32 bits per heavy atom. The fourth-order valence-corrected chi connectivity index (χ4v) is 10.6. The molecule has 2 amide bonds. The first-order valence-corrected chi connectivity index (χ1v) is 23.4. The van der Waals surface area contributed by atoms with E-state index in [4.69, 9.17) is 0 Å². The van der Waals surface area contributed by atoms with Crippen molar-refractivity contribution in [2.75, 3.05) is 76.9 Å². The van der Waals surface area contributed by atoms with Crippen LogP contribution in [0.5, 0.6) is 0 Å². The average Bonchev–Trinajstić information content (AvgIpc) is 4.03. The summed E-state index contributed by atoms with van der Waals surface area (Å²) in [6.07, 6.45) is 11.8. The van der Waals surface area contributed by atoms with Crippen molar-refractivity contribution in [1.82, 2.24) is 54.3 Å². The van der Waals surface area contributed by atoms with Crippen LogP contribution in [0.4, 0.5) is 5.69 Å². The highest BCUT2D eigenvalue weighted by Crippen LogP contribution is 2.29. The summed E-state index contributed by atoms with van der Waals surface area (Å²) in [5.74, 6) is 1.23. The molecule has 9 rings (SSSR count). The summed E-state index contributed by atoms with van der Waals surface area (Å²) in [7, 11) is 0. The molecule has 3 saturated heterocycles. The molecular weight excluding hydrogens is 821 g/mol. The number of pyridine rings is 3. The van der Waals surface area contributed by atoms with Crippen molar-refractivity contribution in [1.29, 1.82) is 0 Å². The predicted molar refractivity (Wildman–Crippen MR) is 242 cm³/mol. The highest BCUT2D eigenvalue weighted by molar-refractivity contribution is 8.00. The highest BCUT2D eigenvalue weighted by atomic mass is 32.2. The SMILES string of the molecule is CCc1cc2ncc(CN3CCN(c4ccc(C(=O)N5CCC(CN6CCN(C(=O)c7nnc(SCc8ccc(-n9ccnc9)cc8C)s7)CC6)CC5)nc4)CC3)cc2[nH]c1=O. The highest BCUT2D eigenvalue weighted by Gasteiger charge is 2.29. The van der Waals surface area contributed by atoms with Gasteiger partial charge in [0.2, 0.25) is 5.01 Å². The summed E-state index contributed by atoms with van der Waals surface area (Å²) in [6.45, 7) is 13.8. The lowest BCUT2D eigenvalue weighted by Gasteiger charge is -2.38. The molecule has 3 fully saturated rings. The normalized spacial score (nSPS) is 17.0. The first-order valence-electron chi connectivity index (χ1n) is 21.6. The fourth-order valence-electron chi connectivity index (χ4n) is 8.66. The van der Waals surface area contributed by atoms with Gasteiger partial charge in [-0.1, -0.05) is 36.1 Å². The lowest BCUT2D eigenvalue weighted by atomic mass is 9.95. The number of aromatic nitrogens is 7. The number of thioether (sulfide) groups is 1. The van der Waals surface area contributed by atoms with Crippen LogP contribution in [-0.2, 0) is 18.7 Å². The van der Waals surface area contributed by atoms with Crippen LogP contribution in [-0.4, -0.2) is 138 Å². The molecule has 0 spiro atoms. The molecule has 0 atom stereocenters. The number of aryl methyl sites for hydroxylation is 2. The molecule has 0 saturated carbocycles. The van der Waals surface area contributed by atoms with E-state index < -0.39 is 0 Å². The number of amides is 2. The van der Waals surface area contributed by atoms with Gasteiger partial charge < -0.3 is 24.3 Å². The molecule has 3 aliphatic heterocycles. The van der Waals surface area contributed by atoms with Gasteiger partial charge in [-0.2, -0.15) is 0 Å². The number of anilines is 1. The molecule has 6 aromatic rings. The van der Waals surface area contributed by atoms with Crippen molar-refractivity contribution in [3.8, 4) is 5.69 Å². The third-order valence-electron chi connectivity index (χ3n) is 12.5. The molecule has 8 heterocycles. The summed E-state index contributed by atoms with van der Waals surface area (Å²) < 4.78 is 2.79. The number of hydrogen-bond acceptors (Lipinski definition) is 13. The quantitative estimate of drug-likeness (QED) is 0.162. The average molecular weight is 873 g/mol. The van der Waals surface area contributed by atoms with Crippen LogP contribution in [0.3, 0.4) is 0 Å². The van der Waals surface area contributed by atoms with Gasteiger partial charge in [0, 0.05) is 114 Å². The number of rotatable bonds is 12. The van der Waals surface area contributed by atoms with Crippen molar-refractivity contribution in [2.24, 2.45) is 5.92 Å². The molecule has 1 aromatic carbocycles. The zero-order chi connectivity index (χ0) is 42.6. The van der Waals surface area contributed by atoms with Crippen LogP contribution in [0.1, 0.15) is 62.3 Å². The van der Waals surface area contributed by atoms with Gasteiger partial charge in [0.25, 0.3) is 17.4 Å². The van der Waals surface area contributed by atoms with Crippen molar-refractivity contribution < 1.29 is 9.59 Å². The fraction of sp³-hybridized carbons (Fsp3) is 0.422. The minimum absolute atomic E-state index is 0.00295. The molecule has 3 aliphatic rings. The molecule has 62 heavy (non-hydrogen) atoms. The third-order valence-corrected chi connectivity index (χ3v) is 14.6. The molecular formula is C45H52N12O3S2. The number of piperidine rings is 1. The number of fused-ring (bicyclic) bond motifs is 1. The van der Waals surface area contributed by atoms with E-state index in [1.807, 2.05) is 64.1 Å². The molecule has 1 N–H and O–H groups in total. The number of nitrogens with zero attached hydrogens (tertiary/aromatic N) is 11. The van der Waals surface area contributed by atoms with Gasteiger partial charge in [-0.15, -0.1) is 10.2 Å². The van der Waals surface area contributed by atoms with E-state index in [2.05, 4.69) is 70.0 Å². The number of aromatic amines is 1. The molecule has 17 heteroatoms. The molecule has 5 aromatic heterocycles. The minimum Gasteiger partial charge on any atom is -0.368 e. The van der Waals surface area contributed by atoms with Crippen LogP contribution in [0.25, 0.3) is 16.7 Å². The summed E-state index contributed by atoms with van der Waals surface area (Å²) in [4.78, 5) is 66.5. The number of hydrogen-bond donors (Lipinski definition) is 1. The maximum Gasteiger partial charge on any atom is 0.284 e. The number of nitrogens with one attached hydrogen (secondary N) is 1. The molecule has 322 valence electrons. The number of carbonyl (C=O) groups excluding carboxylic acids is 2. The lowest BCUT2D eigenvalue weighted by Crippen LogP contribution is -2.50. The summed E-state index contributed by atoms with van der Waals surface area (Å²) in [5, 5.41) is 9.04. The van der Waals surface area contributed by atoms with Crippen molar-refractivity contribution in [2.45, 2.75) is 49.7 Å². The van der Waals surface area contributed by atoms with Crippen LogP contribution in [0.2, 0.25) is 0 Å². The van der Waals surface area contributed by atoms with E-state index >= 15 is 0 Å². The Kier molecular flexibility index (Phi) is 12.7. The van der Waals surface area contributed by atoms with E-state index in [1.54, 1.807) is 24.3 Å². The Hall–Kier alpha value is -5.49. The largest absolute Gasteiger partial charge is 0.368 e. The zero-order valence-corrected chi connectivity index (χ0v) is 36.9. The van der Waals surface area contributed by atoms with E-state index in [-0.39, 0.29) is 17.4 Å². The second-order valence-corrected chi connectivity index (χ2v) is 18.7. The predicted octanol–water partition coefficient (Wildman–Crippen LogP) is 5.15. The van der Waals surface area contributed by atoms with E-state index in [0.717, 1.165) is 122 Å². The molecule has 0 unspecified atom stereocenters. The third kappa shape index (κ3) is 9.60. The van der Waals surface area contributed by atoms with E-state index in [9.17, 15) is 14.4 Å². The van der Waals surface area contributed by atoms with Crippen LogP contribution in [0.15, 0.2) is 82.7 Å². The van der Waals surface area contributed by atoms with Gasteiger partial charge >= 0.3 is 0 Å². The molecule has 0 radical (unpaired) electrons. The van der Waals surface area contributed by atoms with Gasteiger partial charge in [0.15, 0.2) is 4.34 Å². The first-order chi connectivity index (χ1) is 30.3. The topological polar surface area (TPSA) is 153 Å². The smallest absolute Gasteiger partial charge is 0.284 e. The maximum absolute atomic E-state index is 13.5. The number of imidazole rings is 1. The van der Waals surface area contributed by atoms with E-state index in [1.165, 1.54) is 22.5 Å². The second-order valence-electron chi connectivity index (χ2n) is 16.5. The summed E-state index contributed by atoms with van der Waals surface area (Å²) in [6, 6.07) is 14.2. The maximum atomic E-state index is 13.5. The van der Waals surface area contributed by atoms with Crippen molar-refractivity contribution in [3.63, 3.8) is 0 Å². The molecule has 15 nitrogen and oxygen atoms in total. The molecule has 0 bridgehead atoms. The number of likely N-dealkylation sites (tertiary alicyclic amines) is 1. The molecule has 0 aliphatic carbocycles. The van der Waals surface area contributed by atoms with Gasteiger partial charge in [0.05, 0.1) is 29.2 Å². The van der Waals surface area contributed by atoms with Crippen molar-refractivity contribution in [3.05, 3.63) is 117 Å². The lowest BCUT2D eigenvalue weighted by molar-refractivity contribution is 0.0558.